The second-order valence-corrected chi connectivity index (χ2v) is 10.5. The Kier molecular flexibility index (Phi) is 6.23. The largest absolute Gasteiger partial charge is 0.494 e. The van der Waals surface area contributed by atoms with Gasteiger partial charge < -0.3 is 4.74 Å². The van der Waals surface area contributed by atoms with Gasteiger partial charge in [0.2, 0.25) is 11.0 Å². The van der Waals surface area contributed by atoms with Gasteiger partial charge in [-0.05, 0) is 50.2 Å². The summed E-state index contributed by atoms with van der Waals surface area (Å²) in [6, 6.07) is 2.79. The molecule has 0 spiro atoms. The fraction of sp³-hybridized carbons (Fsp3) is 0.385. The van der Waals surface area contributed by atoms with E-state index in [0.717, 1.165) is 43.4 Å². The number of hydrogen-bond donors (Lipinski definition) is 1. The highest BCUT2D eigenvalue weighted by molar-refractivity contribution is 7.15. The molecule has 2 aliphatic carbocycles. The van der Waals surface area contributed by atoms with E-state index in [0.29, 0.717) is 16.7 Å². The van der Waals surface area contributed by atoms with E-state index in [1.165, 1.54) is 25.6 Å². The molecule has 0 radical (unpaired) electrons. The third-order valence-electron chi connectivity index (χ3n) is 6.97. The van der Waals surface area contributed by atoms with E-state index in [1.54, 1.807) is 11.0 Å². The average Bonchev–Trinajstić information content (AvgIpc) is 3.29. The predicted octanol–water partition coefficient (Wildman–Crippen LogP) is 4.47. The minimum atomic E-state index is -2.83. The molecule has 3 aliphatic rings. The molecule has 3 fully saturated rings. The smallest absolute Gasteiger partial charge is 0.280 e. The van der Waals surface area contributed by atoms with Crippen LogP contribution in [0.3, 0.4) is 0 Å². The van der Waals surface area contributed by atoms with E-state index in [-0.39, 0.29) is 45.4 Å². The first kappa shape index (κ1) is 24.4. The molecule has 194 valence electrons. The van der Waals surface area contributed by atoms with Crippen LogP contribution in [0.4, 0.5) is 19.7 Å². The summed E-state index contributed by atoms with van der Waals surface area (Å²) in [5, 5.41) is 11.4. The Balaban J connectivity index is 1.39. The van der Waals surface area contributed by atoms with Gasteiger partial charge in [0, 0.05) is 35.2 Å². The first-order valence-corrected chi connectivity index (χ1v) is 13.0. The Hall–Kier alpha value is -3.98. The molecular formula is C26H22F2N6O3S. The number of pyridine rings is 2. The Morgan fingerprint density at radius 2 is 2.00 bits per heavy atom. The number of halogens is 2. The monoisotopic (exact) mass is 536 g/mol. The normalized spacial score (nSPS) is 20.0. The van der Waals surface area contributed by atoms with Gasteiger partial charge in [-0.25, -0.2) is 13.8 Å². The second-order valence-electron chi connectivity index (χ2n) is 9.48. The van der Waals surface area contributed by atoms with Crippen LogP contribution in [-0.4, -0.2) is 45.1 Å². The van der Waals surface area contributed by atoms with Crippen LogP contribution in [0.5, 0.6) is 5.75 Å². The van der Waals surface area contributed by atoms with E-state index in [4.69, 9.17) is 4.74 Å². The van der Waals surface area contributed by atoms with Crippen molar-refractivity contribution >= 4 is 34.1 Å². The zero-order chi connectivity index (χ0) is 26.4. The van der Waals surface area contributed by atoms with Crippen molar-refractivity contribution < 1.29 is 23.1 Å². The number of carbonyl (C=O) groups is 2. The number of ether oxygens (including phenoxy) is 1. The summed E-state index contributed by atoms with van der Waals surface area (Å²) in [7, 11) is 1.39. The molecule has 4 heterocycles. The number of piperidine rings is 1. The van der Waals surface area contributed by atoms with Gasteiger partial charge in [-0.15, -0.1) is 10.2 Å². The van der Waals surface area contributed by atoms with Crippen molar-refractivity contribution in [1.82, 2.24) is 20.2 Å². The lowest BCUT2D eigenvalue weighted by Crippen LogP contribution is -2.37. The van der Waals surface area contributed by atoms with E-state index >= 15 is 0 Å². The number of fused-ring (bicyclic) bond motifs is 2. The lowest BCUT2D eigenvalue weighted by Gasteiger charge is -2.27. The number of nitrogens with one attached hydrogen (secondary N) is 1. The molecule has 0 aromatic carbocycles. The Morgan fingerprint density at radius 1 is 1.16 bits per heavy atom. The van der Waals surface area contributed by atoms with Crippen LogP contribution < -0.4 is 15.0 Å². The average molecular weight is 537 g/mol. The highest BCUT2D eigenvalue weighted by Gasteiger charge is 2.46. The highest BCUT2D eigenvalue weighted by Crippen LogP contribution is 2.43. The minimum Gasteiger partial charge on any atom is -0.494 e. The van der Waals surface area contributed by atoms with E-state index in [1.807, 2.05) is 0 Å². The Morgan fingerprint density at radius 3 is 2.71 bits per heavy atom. The van der Waals surface area contributed by atoms with E-state index in [2.05, 4.69) is 37.3 Å². The van der Waals surface area contributed by atoms with Crippen molar-refractivity contribution in [2.24, 2.45) is 11.8 Å². The SMILES string of the molecule is COc1cnc(C(F)F)cc1-c1cc(N2C(=O)C3CC[C@@H]2C3)ncc1C(=O)Nc1nnc(C#CC2CC2)s1. The lowest BCUT2D eigenvalue weighted by atomic mass is 9.99. The van der Waals surface area contributed by atoms with Gasteiger partial charge in [0.15, 0.2) is 5.01 Å². The summed E-state index contributed by atoms with van der Waals surface area (Å²) < 4.78 is 32.5. The van der Waals surface area contributed by atoms with Gasteiger partial charge in [-0.3, -0.25) is 24.8 Å². The van der Waals surface area contributed by atoms with Crippen molar-refractivity contribution in [3.8, 4) is 28.7 Å². The second kappa shape index (κ2) is 9.72. The van der Waals surface area contributed by atoms with Crippen molar-refractivity contribution in [3.05, 3.63) is 40.8 Å². The number of aromatic nitrogens is 4. The van der Waals surface area contributed by atoms with E-state index < -0.39 is 18.0 Å². The van der Waals surface area contributed by atoms with Crippen LogP contribution in [0.25, 0.3) is 11.1 Å². The summed E-state index contributed by atoms with van der Waals surface area (Å²) in [5.74, 6) is 6.40. The lowest BCUT2D eigenvalue weighted by molar-refractivity contribution is -0.121. The number of alkyl halides is 2. The Labute approximate surface area is 220 Å². The zero-order valence-corrected chi connectivity index (χ0v) is 21.1. The van der Waals surface area contributed by atoms with Crippen LogP contribution >= 0.6 is 11.3 Å². The molecule has 1 unspecified atom stereocenters. The third-order valence-corrected chi connectivity index (χ3v) is 7.72. The molecule has 3 aromatic rings. The molecule has 6 rings (SSSR count). The van der Waals surface area contributed by atoms with Gasteiger partial charge in [0.1, 0.15) is 17.3 Å². The number of nitrogens with zero attached hydrogens (tertiary/aromatic N) is 5. The highest BCUT2D eigenvalue weighted by atomic mass is 32.1. The molecule has 2 atom stereocenters. The van der Waals surface area contributed by atoms with Crippen LogP contribution in [0.15, 0.2) is 24.5 Å². The minimum absolute atomic E-state index is 0.0134. The summed E-state index contributed by atoms with van der Waals surface area (Å²) in [6.45, 7) is 0. The first-order chi connectivity index (χ1) is 18.4. The molecule has 1 N–H and O–H groups in total. The maximum atomic E-state index is 13.6. The standard InChI is InChI=1S/C26H22F2N6O3S/c1-37-20-12-29-19(23(27)28)9-17(20)16-10-21(34-15-6-5-14(8-15)25(34)36)30-11-18(16)24(35)31-26-33-32-22(38-26)7-4-13-2-3-13/h9-15,23H,2-3,5-6,8H2,1H3,(H,31,33,35)/t14?,15-/m1/s1. The Bertz CT molecular complexity index is 1500. The van der Waals surface area contributed by atoms with Gasteiger partial charge in [-0.1, -0.05) is 17.3 Å². The fourth-order valence-electron chi connectivity index (χ4n) is 4.90. The van der Waals surface area contributed by atoms with Crippen molar-refractivity contribution in [2.45, 2.75) is 44.6 Å². The zero-order valence-electron chi connectivity index (χ0n) is 20.3. The summed E-state index contributed by atoms with van der Waals surface area (Å²) in [4.78, 5) is 36.2. The third kappa shape index (κ3) is 4.58. The van der Waals surface area contributed by atoms with Gasteiger partial charge in [0.05, 0.1) is 18.9 Å². The van der Waals surface area contributed by atoms with Gasteiger partial charge in [-0.2, -0.15) is 0 Å². The van der Waals surface area contributed by atoms with E-state index in [9.17, 15) is 18.4 Å². The van der Waals surface area contributed by atoms with Gasteiger partial charge >= 0.3 is 0 Å². The number of methoxy groups -OCH3 is 1. The quantitative estimate of drug-likeness (QED) is 0.463. The van der Waals surface area contributed by atoms with Gasteiger partial charge in [0.25, 0.3) is 12.3 Å². The molecule has 3 aromatic heterocycles. The maximum Gasteiger partial charge on any atom is 0.280 e. The number of anilines is 2. The summed E-state index contributed by atoms with van der Waals surface area (Å²) in [5.41, 5.74) is 0.139. The molecule has 2 amide bonds. The molecule has 1 saturated heterocycles. The molecule has 9 nitrogen and oxygen atoms in total. The van der Waals surface area contributed by atoms with Crippen molar-refractivity contribution in [1.29, 1.82) is 0 Å². The van der Waals surface area contributed by atoms with Crippen LogP contribution in [0.1, 0.15) is 59.6 Å². The fourth-order valence-corrected chi connectivity index (χ4v) is 5.50. The molecular weight excluding hydrogens is 514 g/mol. The summed E-state index contributed by atoms with van der Waals surface area (Å²) >= 11 is 1.14. The molecule has 1 aliphatic heterocycles. The maximum absolute atomic E-state index is 13.6. The molecule has 2 bridgehead atoms. The van der Waals surface area contributed by atoms with Crippen LogP contribution in [0.2, 0.25) is 0 Å². The van der Waals surface area contributed by atoms with Crippen LogP contribution in [0, 0.1) is 23.7 Å². The molecule has 12 heteroatoms. The summed E-state index contributed by atoms with van der Waals surface area (Å²) in [6.07, 6.45) is 4.34. The van der Waals surface area contributed by atoms with Crippen molar-refractivity contribution in [2.75, 3.05) is 17.3 Å². The van der Waals surface area contributed by atoms with Crippen molar-refractivity contribution in [3.63, 3.8) is 0 Å². The predicted molar refractivity (Wildman–Crippen MR) is 135 cm³/mol. The molecule has 2 saturated carbocycles. The first-order valence-electron chi connectivity index (χ1n) is 12.2. The number of rotatable bonds is 6. The number of amides is 2. The topological polar surface area (TPSA) is 110 Å². The van der Waals surface area contributed by atoms with Crippen LogP contribution in [-0.2, 0) is 4.79 Å². The molecule has 38 heavy (non-hydrogen) atoms. The number of carbonyl (C=O) groups excluding carboxylic acids is 2. The number of hydrogen-bond acceptors (Lipinski definition) is 8.